The number of carbonyl (C=O) groups excluding carboxylic acids is 1. The molecular weight excluding hydrogens is 328 g/mol. The second kappa shape index (κ2) is 7.47. The Balaban J connectivity index is 2.08. The van der Waals surface area contributed by atoms with E-state index in [1.165, 1.54) is 6.21 Å². The van der Waals surface area contributed by atoms with Gasteiger partial charge >= 0.3 is 6.03 Å². The second-order valence-corrected chi connectivity index (χ2v) is 6.26. The molecule has 2 aromatic carbocycles. The van der Waals surface area contributed by atoms with Crippen molar-refractivity contribution in [2.24, 2.45) is 0 Å². The minimum atomic E-state index is -0.111. The molecule has 0 aromatic heterocycles. The number of fused-ring (bicyclic) bond motifs is 1. The zero-order valence-electron chi connectivity index (χ0n) is 15.3. The molecule has 2 aromatic rings. The second-order valence-electron chi connectivity index (χ2n) is 6.26. The highest BCUT2D eigenvalue weighted by Gasteiger charge is 2.20. The van der Waals surface area contributed by atoms with Gasteiger partial charge < -0.3 is 25.7 Å². The summed E-state index contributed by atoms with van der Waals surface area (Å²) in [6.07, 6.45) is 1.38. The molecule has 0 bridgehead atoms. The fraction of sp³-hybridized carbons (Fsp3) is 0.300. The van der Waals surface area contributed by atoms with Crippen molar-refractivity contribution in [2.45, 2.75) is 13.5 Å². The van der Waals surface area contributed by atoms with Crippen molar-refractivity contribution in [1.29, 1.82) is 5.41 Å². The Morgan fingerprint density at radius 2 is 2.08 bits per heavy atom. The zero-order valence-corrected chi connectivity index (χ0v) is 15.3. The van der Waals surface area contributed by atoms with Crippen LogP contribution in [0.4, 0.5) is 10.5 Å². The Kier molecular flexibility index (Phi) is 5.11. The van der Waals surface area contributed by atoms with Crippen molar-refractivity contribution in [3.05, 3.63) is 47.0 Å². The van der Waals surface area contributed by atoms with Crippen molar-refractivity contribution in [2.75, 3.05) is 32.6 Å². The average molecular weight is 352 g/mol. The lowest BCUT2D eigenvalue weighted by molar-refractivity contribution is 0.190. The van der Waals surface area contributed by atoms with Crippen LogP contribution in [0.5, 0.6) is 5.75 Å². The highest BCUT2D eigenvalue weighted by molar-refractivity contribution is 5.97. The molecule has 0 aliphatic carbocycles. The normalized spacial score (nSPS) is 13.3. The number of nitrogens with zero attached hydrogens (tertiary/aromatic N) is 1. The molecule has 26 heavy (non-hydrogen) atoms. The first kappa shape index (κ1) is 17.8. The van der Waals surface area contributed by atoms with Crippen molar-refractivity contribution < 1.29 is 9.53 Å². The zero-order chi connectivity index (χ0) is 18.7. The molecule has 0 saturated heterocycles. The van der Waals surface area contributed by atoms with Crippen LogP contribution in [0, 0.1) is 12.3 Å². The summed E-state index contributed by atoms with van der Waals surface area (Å²) >= 11 is 0. The van der Waals surface area contributed by atoms with Gasteiger partial charge in [-0.1, -0.05) is 12.1 Å². The monoisotopic (exact) mass is 352 g/mol. The van der Waals surface area contributed by atoms with E-state index in [1.54, 1.807) is 11.9 Å². The molecule has 1 aliphatic heterocycles. The molecule has 2 amide bonds. The number of anilines is 1. The summed E-state index contributed by atoms with van der Waals surface area (Å²) in [7, 11) is 3.49. The molecule has 0 radical (unpaired) electrons. The fourth-order valence-corrected chi connectivity index (χ4v) is 3.36. The Labute approximate surface area is 153 Å². The van der Waals surface area contributed by atoms with Crippen molar-refractivity contribution in [3.8, 4) is 16.9 Å². The highest BCUT2D eigenvalue weighted by atomic mass is 16.5. The summed E-state index contributed by atoms with van der Waals surface area (Å²) in [5.41, 5.74) is 5.86. The molecule has 6 heteroatoms. The Bertz CT molecular complexity index is 848. The predicted molar refractivity (Wildman–Crippen MR) is 104 cm³/mol. The number of amides is 2. The van der Waals surface area contributed by atoms with E-state index in [0.717, 1.165) is 39.3 Å². The Morgan fingerprint density at radius 3 is 2.77 bits per heavy atom. The number of benzene rings is 2. The summed E-state index contributed by atoms with van der Waals surface area (Å²) in [5, 5.41) is 13.7. The third-order valence-corrected chi connectivity index (χ3v) is 4.70. The van der Waals surface area contributed by atoms with Crippen LogP contribution >= 0.6 is 0 Å². The van der Waals surface area contributed by atoms with Crippen molar-refractivity contribution in [1.82, 2.24) is 10.2 Å². The van der Waals surface area contributed by atoms with Gasteiger partial charge in [0.2, 0.25) is 0 Å². The summed E-state index contributed by atoms with van der Waals surface area (Å²) in [6.45, 7) is 3.55. The van der Waals surface area contributed by atoms with Crippen LogP contribution in [0.15, 0.2) is 30.3 Å². The maximum atomic E-state index is 12.0. The molecule has 0 spiro atoms. The number of hydrogen-bond donors (Lipinski definition) is 3. The van der Waals surface area contributed by atoms with Gasteiger partial charge in [-0.2, -0.15) is 0 Å². The minimum absolute atomic E-state index is 0.111. The first-order valence-electron chi connectivity index (χ1n) is 8.63. The maximum Gasteiger partial charge on any atom is 0.317 e. The lowest BCUT2D eigenvalue weighted by atomic mass is 9.92. The van der Waals surface area contributed by atoms with Gasteiger partial charge in [0.1, 0.15) is 12.4 Å². The van der Waals surface area contributed by atoms with Gasteiger partial charge in [-0.25, -0.2) is 4.79 Å². The number of aryl methyl sites for hydroxylation is 1. The lowest BCUT2D eigenvalue weighted by Gasteiger charge is -2.19. The third kappa shape index (κ3) is 3.22. The van der Waals surface area contributed by atoms with Gasteiger partial charge in [0.15, 0.2) is 0 Å². The molecule has 3 rings (SSSR count). The SMILES string of the molecule is CNC(=O)N1CCOc2ccc(-c3c(C)ccc(NC)c3C=N)cc2C1. The van der Waals surface area contributed by atoms with E-state index in [4.69, 9.17) is 10.1 Å². The largest absolute Gasteiger partial charge is 0.491 e. The smallest absolute Gasteiger partial charge is 0.317 e. The van der Waals surface area contributed by atoms with Crippen LogP contribution in [-0.4, -0.2) is 44.4 Å². The first-order chi connectivity index (χ1) is 12.6. The summed E-state index contributed by atoms with van der Waals surface area (Å²) < 4.78 is 5.82. The van der Waals surface area contributed by atoms with Crippen LogP contribution < -0.4 is 15.4 Å². The number of urea groups is 1. The summed E-state index contributed by atoms with van der Waals surface area (Å²) in [4.78, 5) is 13.8. The molecule has 0 saturated carbocycles. The van der Waals surface area contributed by atoms with Crippen LogP contribution in [-0.2, 0) is 6.54 Å². The van der Waals surface area contributed by atoms with Gasteiger partial charge in [0, 0.05) is 37.1 Å². The summed E-state index contributed by atoms with van der Waals surface area (Å²) in [5.74, 6) is 0.805. The van der Waals surface area contributed by atoms with Crippen LogP contribution in [0.1, 0.15) is 16.7 Å². The maximum absolute atomic E-state index is 12.0. The standard InChI is InChI=1S/C20H24N4O2/c1-13-4-6-17(22-2)16(11-21)19(13)14-5-7-18-15(10-14)12-24(8-9-26-18)20(25)23-3/h4-7,10-11,21-22H,8-9,12H2,1-3H3,(H,23,25). The van der Waals surface area contributed by atoms with Crippen LogP contribution in [0.2, 0.25) is 0 Å². The number of nitrogens with one attached hydrogen (secondary N) is 3. The van der Waals surface area contributed by atoms with E-state index in [1.807, 2.05) is 38.2 Å². The molecule has 6 nitrogen and oxygen atoms in total. The van der Waals surface area contributed by atoms with Crippen LogP contribution in [0.25, 0.3) is 11.1 Å². The quantitative estimate of drug-likeness (QED) is 0.742. The van der Waals surface area contributed by atoms with Gasteiger partial charge in [-0.3, -0.25) is 0 Å². The lowest BCUT2D eigenvalue weighted by Crippen LogP contribution is -2.38. The van der Waals surface area contributed by atoms with Gasteiger partial charge in [0.05, 0.1) is 13.1 Å². The summed E-state index contributed by atoms with van der Waals surface area (Å²) in [6, 6.07) is 9.96. The molecule has 136 valence electrons. The van der Waals surface area contributed by atoms with Crippen molar-refractivity contribution >= 4 is 17.9 Å². The van der Waals surface area contributed by atoms with E-state index >= 15 is 0 Å². The van der Waals surface area contributed by atoms with E-state index in [9.17, 15) is 4.79 Å². The average Bonchev–Trinajstić information content (AvgIpc) is 2.88. The number of ether oxygens (including phenoxy) is 1. The predicted octanol–water partition coefficient (Wildman–Crippen LogP) is 3.24. The molecule has 3 N–H and O–H groups in total. The van der Waals surface area contributed by atoms with E-state index in [-0.39, 0.29) is 6.03 Å². The molecule has 1 aliphatic rings. The topological polar surface area (TPSA) is 77.5 Å². The van der Waals surface area contributed by atoms with E-state index in [2.05, 4.69) is 16.7 Å². The Morgan fingerprint density at radius 1 is 1.27 bits per heavy atom. The highest BCUT2D eigenvalue weighted by Crippen LogP contribution is 2.35. The molecule has 0 atom stereocenters. The molecule has 0 fully saturated rings. The van der Waals surface area contributed by atoms with Crippen molar-refractivity contribution in [3.63, 3.8) is 0 Å². The molecular formula is C20H24N4O2. The molecule has 1 heterocycles. The number of hydrogen-bond acceptors (Lipinski definition) is 4. The van der Waals surface area contributed by atoms with Crippen LogP contribution in [0.3, 0.4) is 0 Å². The van der Waals surface area contributed by atoms with E-state index in [0.29, 0.717) is 19.7 Å². The van der Waals surface area contributed by atoms with E-state index < -0.39 is 0 Å². The Hall–Kier alpha value is -3.02. The number of rotatable bonds is 3. The molecule has 0 unspecified atom stereocenters. The fourth-order valence-electron chi connectivity index (χ4n) is 3.36. The van der Waals surface area contributed by atoms with Gasteiger partial charge in [-0.15, -0.1) is 0 Å². The minimum Gasteiger partial charge on any atom is -0.491 e. The van der Waals surface area contributed by atoms with Gasteiger partial charge in [-0.05, 0) is 41.8 Å². The first-order valence-corrected chi connectivity index (χ1v) is 8.63. The third-order valence-electron chi connectivity index (χ3n) is 4.70. The van der Waals surface area contributed by atoms with Gasteiger partial charge in [0.25, 0.3) is 0 Å². The number of carbonyl (C=O) groups is 1.